The summed E-state index contributed by atoms with van der Waals surface area (Å²) in [5.74, 6) is 2.36. The maximum atomic E-state index is 11.7. The molecule has 3 unspecified atom stereocenters. The van der Waals surface area contributed by atoms with Gasteiger partial charge in [0.05, 0.1) is 5.52 Å². The highest BCUT2D eigenvalue weighted by molar-refractivity contribution is 9.09. The van der Waals surface area contributed by atoms with Crippen LogP contribution in [0.5, 0.6) is 0 Å². The van der Waals surface area contributed by atoms with Gasteiger partial charge in [0.1, 0.15) is 0 Å². The van der Waals surface area contributed by atoms with E-state index in [2.05, 4.69) is 22.0 Å². The van der Waals surface area contributed by atoms with Crippen molar-refractivity contribution in [2.45, 2.75) is 37.6 Å². The molecular weight excluding hydrogens is 318 g/mol. The van der Waals surface area contributed by atoms with E-state index < -0.39 is 0 Å². The lowest BCUT2D eigenvalue weighted by Gasteiger charge is -2.12. The highest BCUT2D eigenvalue weighted by Gasteiger charge is 2.55. The minimum Gasteiger partial charge on any atom is -0.408 e. The molecule has 2 aliphatic carbocycles. The molecule has 1 heterocycles. The molecule has 20 heavy (non-hydrogen) atoms. The summed E-state index contributed by atoms with van der Waals surface area (Å²) in [6, 6.07) is 6.19. The van der Waals surface area contributed by atoms with Crippen molar-refractivity contribution in [1.29, 1.82) is 0 Å². The van der Waals surface area contributed by atoms with Crippen molar-refractivity contribution in [2.24, 2.45) is 17.8 Å². The Kier molecular flexibility index (Phi) is 2.85. The molecule has 2 saturated carbocycles. The van der Waals surface area contributed by atoms with Gasteiger partial charge in [0, 0.05) is 11.4 Å². The fourth-order valence-electron chi connectivity index (χ4n) is 4.09. The Morgan fingerprint density at radius 3 is 2.85 bits per heavy atom. The molecule has 0 aliphatic heterocycles. The van der Waals surface area contributed by atoms with E-state index in [1.54, 1.807) is 4.57 Å². The lowest BCUT2D eigenvalue weighted by molar-refractivity contribution is 0.512. The third-order valence-corrected chi connectivity index (χ3v) is 6.28. The number of aryl methyl sites for hydroxylation is 1. The zero-order valence-electron chi connectivity index (χ0n) is 11.5. The molecule has 1 aromatic heterocycles. The molecule has 1 aromatic carbocycles. The summed E-state index contributed by atoms with van der Waals surface area (Å²) < 4.78 is 7.04. The molecule has 4 rings (SSSR count). The van der Waals surface area contributed by atoms with Gasteiger partial charge in [0.15, 0.2) is 5.58 Å². The number of nitrogens with zero attached hydrogens (tertiary/aromatic N) is 1. The molecule has 0 N–H and O–H groups in total. The summed E-state index contributed by atoms with van der Waals surface area (Å²) in [5.41, 5.74) is 2.86. The molecule has 2 aliphatic rings. The van der Waals surface area contributed by atoms with E-state index in [0.29, 0.717) is 17.0 Å². The minimum atomic E-state index is -0.255. The van der Waals surface area contributed by atoms with Crippen LogP contribution in [0.15, 0.2) is 27.4 Å². The Morgan fingerprint density at radius 1 is 1.40 bits per heavy atom. The summed E-state index contributed by atoms with van der Waals surface area (Å²) in [6.45, 7) is 2.61. The molecule has 0 saturated heterocycles. The van der Waals surface area contributed by atoms with Crippen LogP contribution in [-0.2, 0) is 6.54 Å². The number of aromatic nitrogens is 1. The second kappa shape index (κ2) is 4.48. The van der Waals surface area contributed by atoms with Crippen molar-refractivity contribution in [2.75, 3.05) is 0 Å². The lowest BCUT2D eigenvalue weighted by Crippen LogP contribution is -2.11. The Hall–Kier alpha value is -1.03. The van der Waals surface area contributed by atoms with Crippen molar-refractivity contribution in [3.8, 4) is 0 Å². The quantitative estimate of drug-likeness (QED) is 0.791. The van der Waals surface area contributed by atoms with E-state index in [0.717, 1.165) is 23.3 Å². The maximum absolute atomic E-state index is 11.7. The maximum Gasteiger partial charge on any atom is 0.419 e. The molecule has 0 amide bonds. The van der Waals surface area contributed by atoms with Crippen LogP contribution in [0.2, 0.25) is 0 Å². The predicted octanol–water partition coefficient (Wildman–Crippen LogP) is 4.10. The fraction of sp³-hybridized carbons (Fsp3) is 0.562. The molecule has 2 fully saturated rings. The van der Waals surface area contributed by atoms with Crippen LogP contribution in [0.25, 0.3) is 11.1 Å². The average Bonchev–Trinajstić information content (AvgIpc) is 2.81. The number of rotatable bonds is 3. The normalized spacial score (nSPS) is 29.6. The molecule has 4 heteroatoms. The summed E-state index contributed by atoms with van der Waals surface area (Å²) in [7, 11) is 0. The first-order valence-electron chi connectivity index (χ1n) is 7.48. The van der Waals surface area contributed by atoms with E-state index in [4.69, 9.17) is 4.42 Å². The third-order valence-electron chi connectivity index (χ3n) is 5.14. The second-order valence-electron chi connectivity index (χ2n) is 6.08. The van der Waals surface area contributed by atoms with Gasteiger partial charge < -0.3 is 4.42 Å². The topological polar surface area (TPSA) is 35.1 Å². The number of oxazole rings is 1. The molecule has 3 nitrogen and oxygen atoms in total. The first-order chi connectivity index (χ1) is 9.70. The van der Waals surface area contributed by atoms with Crippen LogP contribution in [-0.4, -0.2) is 4.57 Å². The van der Waals surface area contributed by atoms with Crippen molar-refractivity contribution in [1.82, 2.24) is 4.57 Å². The van der Waals surface area contributed by atoms with Crippen molar-refractivity contribution < 1.29 is 4.42 Å². The van der Waals surface area contributed by atoms with Gasteiger partial charge in [-0.3, -0.25) is 4.57 Å². The first kappa shape index (κ1) is 12.7. The molecule has 0 radical (unpaired) electrons. The molecule has 3 atom stereocenters. The van der Waals surface area contributed by atoms with E-state index in [1.165, 1.54) is 24.8 Å². The summed E-state index contributed by atoms with van der Waals surface area (Å²) in [5, 5.41) is 0. The Balaban J connectivity index is 1.69. The Labute approximate surface area is 126 Å². The smallest absolute Gasteiger partial charge is 0.408 e. The van der Waals surface area contributed by atoms with Gasteiger partial charge in [0.25, 0.3) is 0 Å². The Morgan fingerprint density at radius 2 is 2.15 bits per heavy atom. The molecule has 0 spiro atoms. The summed E-state index contributed by atoms with van der Waals surface area (Å²) in [4.78, 5) is 12.1. The van der Waals surface area contributed by atoms with Crippen LogP contribution in [0.1, 0.15) is 36.6 Å². The standard InChI is InChI=1S/C16H18BrNO2/c1-2-18-12-7-6-9(8-13(12)20-16(18)19)15(17)14-10-4-3-5-11(10)14/h6-8,10-11,14-15H,2-5H2,1H3. The predicted molar refractivity (Wildman–Crippen MR) is 82.1 cm³/mol. The number of halogens is 1. The summed E-state index contributed by atoms with van der Waals surface area (Å²) >= 11 is 3.87. The van der Waals surface area contributed by atoms with Crippen LogP contribution in [0.4, 0.5) is 0 Å². The highest BCUT2D eigenvalue weighted by Crippen LogP contribution is 2.64. The van der Waals surface area contributed by atoms with Crippen LogP contribution in [0.3, 0.4) is 0 Å². The van der Waals surface area contributed by atoms with Crippen molar-refractivity contribution in [3.63, 3.8) is 0 Å². The Bertz CT molecular complexity index is 707. The molecule has 0 bridgehead atoms. The van der Waals surface area contributed by atoms with Gasteiger partial charge in [0.2, 0.25) is 0 Å². The van der Waals surface area contributed by atoms with Gasteiger partial charge in [-0.1, -0.05) is 28.4 Å². The van der Waals surface area contributed by atoms with Gasteiger partial charge in [-0.25, -0.2) is 4.79 Å². The van der Waals surface area contributed by atoms with E-state index in [-0.39, 0.29) is 5.76 Å². The first-order valence-corrected chi connectivity index (χ1v) is 8.39. The fourth-order valence-corrected chi connectivity index (χ4v) is 5.16. The van der Waals surface area contributed by atoms with Gasteiger partial charge in [-0.2, -0.15) is 0 Å². The average molecular weight is 336 g/mol. The summed E-state index contributed by atoms with van der Waals surface area (Å²) in [6.07, 6.45) is 4.18. The van der Waals surface area contributed by atoms with Crippen molar-refractivity contribution in [3.05, 3.63) is 34.3 Å². The van der Waals surface area contributed by atoms with E-state index in [1.807, 2.05) is 19.1 Å². The highest BCUT2D eigenvalue weighted by atomic mass is 79.9. The number of alkyl halides is 1. The monoisotopic (exact) mass is 335 g/mol. The third kappa shape index (κ3) is 1.73. The molecule has 106 valence electrons. The molecular formula is C16H18BrNO2. The zero-order chi connectivity index (χ0) is 13.9. The van der Waals surface area contributed by atoms with Gasteiger partial charge in [-0.15, -0.1) is 0 Å². The van der Waals surface area contributed by atoms with Crippen molar-refractivity contribution >= 4 is 27.0 Å². The van der Waals surface area contributed by atoms with Crippen LogP contribution in [0, 0.1) is 17.8 Å². The number of benzene rings is 1. The second-order valence-corrected chi connectivity index (χ2v) is 7.06. The van der Waals surface area contributed by atoms with E-state index >= 15 is 0 Å². The lowest BCUT2D eigenvalue weighted by atomic mass is 10.0. The van der Waals surface area contributed by atoms with Gasteiger partial charge in [-0.05, 0) is 55.2 Å². The van der Waals surface area contributed by atoms with E-state index in [9.17, 15) is 4.79 Å². The zero-order valence-corrected chi connectivity index (χ0v) is 13.1. The van der Waals surface area contributed by atoms with Gasteiger partial charge >= 0.3 is 5.76 Å². The van der Waals surface area contributed by atoms with Crippen LogP contribution >= 0.6 is 15.9 Å². The number of hydrogen-bond donors (Lipinski definition) is 0. The number of hydrogen-bond acceptors (Lipinski definition) is 2. The largest absolute Gasteiger partial charge is 0.419 e. The minimum absolute atomic E-state index is 0.255. The molecule has 2 aromatic rings. The van der Waals surface area contributed by atoms with Crippen LogP contribution < -0.4 is 5.76 Å². The number of fused-ring (bicyclic) bond motifs is 2. The SMILES string of the molecule is CCn1c(=O)oc2cc(C(Br)C3C4CCCC43)ccc21.